The van der Waals surface area contributed by atoms with E-state index >= 15 is 0 Å². The molecule has 0 unspecified atom stereocenters. The number of hydrogen-bond acceptors (Lipinski definition) is 7. The molecule has 0 radical (unpaired) electrons. The first kappa shape index (κ1) is 18.0. The quantitative estimate of drug-likeness (QED) is 0.534. The number of benzene rings is 2. The standard InChI is InChI=1S/C19H20O7/c1-24-16-9-13(25-17(23)6-7-20)8-14-15(10-21)18(26-19(14)16)11-2-4-12(22)5-3-11/h2-5,8-9,15,18,20-22H,6-7,10H2,1H3/t15-,18+/m0/s1. The molecule has 2 atom stereocenters. The van der Waals surface area contributed by atoms with Crippen molar-refractivity contribution in [2.45, 2.75) is 18.4 Å². The molecule has 26 heavy (non-hydrogen) atoms. The van der Waals surface area contributed by atoms with Gasteiger partial charge in [0.15, 0.2) is 11.5 Å². The SMILES string of the molecule is COc1cc(OC(=O)CCO)cc2c1O[C@H](c1ccc(O)cc1)[C@H]2CO. The van der Waals surface area contributed by atoms with Crippen LogP contribution in [0.1, 0.15) is 29.6 Å². The maximum Gasteiger partial charge on any atom is 0.313 e. The van der Waals surface area contributed by atoms with Crippen LogP contribution in [-0.4, -0.2) is 41.6 Å². The molecule has 0 amide bonds. The van der Waals surface area contributed by atoms with E-state index < -0.39 is 12.1 Å². The molecule has 3 rings (SSSR count). The van der Waals surface area contributed by atoms with Crippen molar-refractivity contribution in [2.24, 2.45) is 0 Å². The summed E-state index contributed by atoms with van der Waals surface area (Å²) in [7, 11) is 1.47. The summed E-state index contributed by atoms with van der Waals surface area (Å²) in [5, 5.41) is 28.2. The fourth-order valence-corrected chi connectivity index (χ4v) is 3.01. The van der Waals surface area contributed by atoms with Gasteiger partial charge in [0, 0.05) is 11.6 Å². The van der Waals surface area contributed by atoms with E-state index in [1.807, 2.05) is 0 Å². The Labute approximate surface area is 150 Å². The number of aliphatic hydroxyl groups excluding tert-OH is 2. The van der Waals surface area contributed by atoms with E-state index in [4.69, 9.17) is 19.3 Å². The molecular weight excluding hydrogens is 340 g/mol. The molecule has 1 heterocycles. The Morgan fingerprint density at radius 1 is 1.19 bits per heavy atom. The molecule has 3 N–H and O–H groups in total. The number of fused-ring (bicyclic) bond motifs is 1. The van der Waals surface area contributed by atoms with E-state index in [0.717, 1.165) is 5.56 Å². The van der Waals surface area contributed by atoms with Gasteiger partial charge >= 0.3 is 5.97 Å². The van der Waals surface area contributed by atoms with Gasteiger partial charge in [-0.15, -0.1) is 0 Å². The number of rotatable bonds is 6. The topological polar surface area (TPSA) is 105 Å². The largest absolute Gasteiger partial charge is 0.508 e. The lowest BCUT2D eigenvalue weighted by Gasteiger charge is -2.17. The Bertz CT molecular complexity index is 785. The lowest BCUT2D eigenvalue weighted by atomic mass is 9.91. The summed E-state index contributed by atoms with van der Waals surface area (Å²) in [5.74, 6) is 0.303. The number of phenolic OH excluding ortho intramolecular Hbond substituents is 1. The zero-order valence-electron chi connectivity index (χ0n) is 14.2. The molecule has 7 nitrogen and oxygen atoms in total. The lowest BCUT2D eigenvalue weighted by Crippen LogP contribution is -2.13. The van der Waals surface area contributed by atoms with Crippen LogP contribution >= 0.6 is 0 Å². The fraction of sp³-hybridized carbons (Fsp3) is 0.316. The number of ether oxygens (including phenoxy) is 3. The molecule has 1 aliphatic rings. The second kappa shape index (κ2) is 7.63. The highest BCUT2D eigenvalue weighted by Gasteiger charge is 2.38. The number of hydrogen-bond donors (Lipinski definition) is 3. The average molecular weight is 360 g/mol. The molecule has 138 valence electrons. The van der Waals surface area contributed by atoms with Crippen LogP contribution in [0.25, 0.3) is 0 Å². The first-order valence-electron chi connectivity index (χ1n) is 8.17. The number of esters is 1. The zero-order chi connectivity index (χ0) is 18.7. The van der Waals surface area contributed by atoms with Crippen LogP contribution < -0.4 is 14.2 Å². The van der Waals surface area contributed by atoms with Crippen LogP contribution in [-0.2, 0) is 4.79 Å². The molecule has 1 aliphatic heterocycles. The van der Waals surface area contributed by atoms with Gasteiger partial charge in [-0.2, -0.15) is 0 Å². The van der Waals surface area contributed by atoms with Crippen LogP contribution in [0.2, 0.25) is 0 Å². The van der Waals surface area contributed by atoms with Gasteiger partial charge in [-0.3, -0.25) is 4.79 Å². The van der Waals surface area contributed by atoms with Gasteiger partial charge in [-0.05, 0) is 23.8 Å². The van der Waals surface area contributed by atoms with E-state index in [0.29, 0.717) is 17.1 Å². The van der Waals surface area contributed by atoms with Crippen molar-refractivity contribution in [3.05, 3.63) is 47.5 Å². The lowest BCUT2D eigenvalue weighted by molar-refractivity contribution is -0.135. The average Bonchev–Trinajstić information content (AvgIpc) is 3.00. The van der Waals surface area contributed by atoms with Crippen molar-refractivity contribution >= 4 is 5.97 Å². The summed E-state index contributed by atoms with van der Waals surface area (Å²) < 4.78 is 16.6. The minimum absolute atomic E-state index is 0.116. The monoisotopic (exact) mass is 360 g/mol. The van der Waals surface area contributed by atoms with Crippen LogP contribution in [0.5, 0.6) is 23.0 Å². The van der Waals surface area contributed by atoms with E-state index in [1.165, 1.54) is 13.2 Å². The maximum absolute atomic E-state index is 11.7. The summed E-state index contributed by atoms with van der Waals surface area (Å²) in [5.41, 5.74) is 1.45. The zero-order valence-corrected chi connectivity index (χ0v) is 14.2. The Morgan fingerprint density at radius 3 is 2.54 bits per heavy atom. The maximum atomic E-state index is 11.7. The second-order valence-corrected chi connectivity index (χ2v) is 5.91. The Morgan fingerprint density at radius 2 is 1.92 bits per heavy atom. The molecule has 0 fully saturated rings. The molecule has 0 aromatic heterocycles. The Kier molecular flexibility index (Phi) is 5.29. The van der Waals surface area contributed by atoms with Gasteiger partial charge in [0.1, 0.15) is 17.6 Å². The van der Waals surface area contributed by atoms with Gasteiger partial charge in [-0.1, -0.05) is 12.1 Å². The third kappa shape index (κ3) is 3.44. The van der Waals surface area contributed by atoms with Crippen LogP contribution in [0.15, 0.2) is 36.4 Å². The molecule has 7 heteroatoms. The highest BCUT2D eigenvalue weighted by Crippen LogP contribution is 2.51. The van der Waals surface area contributed by atoms with Crippen molar-refractivity contribution in [2.75, 3.05) is 20.3 Å². The van der Waals surface area contributed by atoms with Gasteiger partial charge in [0.25, 0.3) is 0 Å². The van der Waals surface area contributed by atoms with E-state index in [9.17, 15) is 15.0 Å². The van der Waals surface area contributed by atoms with Gasteiger partial charge in [-0.25, -0.2) is 0 Å². The summed E-state index contributed by atoms with van der Waals surface area (Å²) in [4.78, 5) is 11.7. The first-order valence-corrected chi connectivity index (χ1v) is 8.17. The minimum Gasteiger partial charge on any atom is -0.508 e. The van der Waals surface area contributed by atoms with E-state index in [1.54, 1.807) is 30.3 Å². The number of methoxy groups -OCH3 is 1. The molecular formula is C19H20O7. The molecule has 0 saturated carbocycles. The summed E-state index contributed by atoms with van der Waals surface area (Å²) in [6, 6.07) is 9.72. The second-order valence-electron chi connectivity index (χ2n) is 5.91. The number of carbonyl (C=O) groups is 1. The normalized spacial score (nSPS) is 18.1. The van der Waals surface area contributed by atoms with Crippen LogP contribution in [0.3, 0.4) is 0 Å². The minimum atomic E-state index is -0.566. The van der Waals surface area contributed by atoms with Crippen LogP contribution in [0, 0.1) is 0 Å². The number of aliphatic hydroxyl groups is 2. The number of aromatic hydroxyl groups is 1. The summed E-state index contributed by atoms with van der Waals surface area (Å²) in [6.45, 7) is -0.484. The van der Waals surface area contributed by atoms with Crippen molar-refractivity contribution < 1.29 is 34.3 Å². The third-order valence-electron chi connectivity index (χ3n) is 4.25. The van der Waals surface area contributed by atoms with Crippen molar-refractivity contribution in [1.82, 2.24) is 0 Å². The molecule has 0 aliphatic carbocycles. The summed E-state index contributed by atoms with van der Waals surface area (Å²) in [6.07, 6.45) is -0.581. The molecule has 0 spiro atoms. The molecule has 2 aromatic carbocycles. The summed E-state index contributed by atoms with van der Waals surface area (Å²) >= 11 is 0. The van der Waals surface area contributed by atoms with Crippen LogP contribution in [0.4, 0.5) is 0 Å². The van der Waals surface area contributed by atoms with Crippen molar-refractivity contribution in [1.29, 1.82) is 0 Å². The number of carbonyl (C=O) groups excluding carboxylic acids is 1. The molecule has 2 aromatic rings. The smallest absolute Gasteiger partial charge is 0.313 e. The first-order chi connectivity index (χ1) is 12.6. The molecule has 0 saturated heterocycles. The van der Waals surface area contributed by atoms with Gasteiger partial charge in [0.05, 0.1) is 32.7 Å². The van der Waals surface area contributed by atoms with Gasteiger partial charge < -0.3 is 29.5 Å². The fourth-order valence-electron chi connectivity index (χ4n) is 3.01. The third-order valence-corrected chi connectivity index (χ3v) is 4.25. The highest BCUT2D eigenvalue weighted by molar-refractivity contribution is 5.73. The highest BCUT2D eigenvalue weighted by atomic mass is 16.5. The van der Waals surface area contributed by atoms with E-state index in [-0.39, 0.29) is 37.1 Å². The van der Waals surface area contributed by atoms with Gasteiger partial charge in [0.2, 0.25) is 0 Å². The predicted molar refractivity (Wildman–Crippen MR) is 91.6 cm³/mol. The van der Waals surface area contributed by atoms with E-state index in [2.05, 4.69) is 0 Å². The molecule has 0 bridgehead atoms. The Hall–Kier alpha value is -2.77. The van der Waals surface area contributed by atoms with Crippen molar-refractivity contribution in [3.8, 4) is 23.0 Å². The van der Waals surface area contributed by atoms with Crippen molar-refractivity contribution in [3.63, 3.8) is 0 Å². The Balaban J connectivity index is 1.96. The number of phenols is 1. The predicted octanol–water partition coefficient (Wildman–Crippen LogP) is 1.90.